The second-order valence-corrected chi connectivity index (χ2v) is 8.53. The van der Waals surface area contributed by atoms with Gasteiger partial charge in [0.2, 0.25) is 0 Å². The zero-order valence-electron chi connectivity index (χ0n) is 19.7. The van der Waals surface area contributed by atoms with E-state index < -0.39 is 0 Å². The molecule has 3 heterocycles. The second-order valence-electron chi connectivity index (χ2n) is 8.53. The zero-order valence-corrected chi connectivity index (χ0v) is 22.0. The first-order chi connectivity index (χ1) is 18.2. The van der Waals surface area contributed by atoms with Crippen LogP contribution in [0.1, 0.15) is 0 Å². The van der Waals surface area contributed by atoms with Crippen molar-refractivity contribution in [3.8, 4) is 34.8 Å². The van der Waals surface area contributed by atoms with E-state index in [1.807, 2.05) is 91.1 Å². The molecule has 38 heavy (non-hydrogen) atoms. The molecule has 0 saturated carbocycles. The number of hydrogen-bond donors (Lipinski definition) is 1. The predicted octanol–water partition coefficient (Wildman–Crippen LogP) is 6.48. The molecule has 0 spiro atoms. The summed E-state index contributed by atoms with van der Waals surface area (Å²) in [5.41, 5.74) is 3.65. The molecule has 0 aliphatic heterocycles. The van der Waals surface area contributed by atoms with Gasteiger partial charge in [-0.3, -0.25) is 0 Å². The number of para-hydroxylation sites is 3. The first-order valence-electron chi connectivity index (χ1n) is 11.7. The van der Waals surface area contributed by atoms with Crippen LogP contribution in [0.25, 0.3) is 49.8 Å². The standard InChI is InChI=1S/C30H18N5O2.Pt/c36-30-33-25-14-5-6-15-27(25)35(30)28-23-12-3-4-13-24(23)32-29(34-28)37-22-11-7-10-20(16-22)26-17-19-8-1-2-9-21(19)18-31-26;/h1-15,17-18H,(H,33,36);/q-1;. The molecule has 0 atom stereocenters. The quantitative estimate of drug-likeness (QED) is 0.215. The Balaban J connectivity index is 0.00000264. The van der Waals surface area contributed by atoms with Crippen LogP contribution >= 0.6 is 0 Å². The number of nitrogens with zero attached hydrogens (tertiary/aromatic N) is 5. The van der Waals surface area contributed by atoms with Crippen LogP contribution in [0.5, 0.6) is 17.8 Å². The largest absolute Gasteiger partial charge is 0.480 e. The van der Waals surface area contributed by atoms with Crippen molar-refractivity contribution in [3.63, 3.8) is 0 Å². The second kappa shape index (κ2) is 9.69. The van der Waals surface area contributed by atoms with Crippen molar-refractivity contribution in [3.05, 3.63) is 109 Å². The molecule has 0 amide bonds. The van der Waals surface area contributed by atoms with Crippen molar-refractivity contribution in [1.29, 1.82) is 0 Å². The molecule has 0 aliphatic carbocycles. The summed E-state index contributed by atoms with van der Waals surface area (Å²) in [6.45, 7) is 0. The van der Waals surface area contributed by atoms with Gasteiger partial charge in [0.05, 0.1) is 16.6 Å². The molecule has 0 radical (unpaired) electrons. The number of aromatic nitrogens is 5. The topological polar surface area (TPSA) is 86.0 Å². The number of pyridine rings is 1. The predicted molar refractivity (Wildman–Crippen MR) is 142 cm³/mol. The minimum absolute atomic E-state index is 0. The van der Waals surface area contributed by atoms with Gasteiger partial charge in [0, 0.05) is 38.4 Å². The van der Waals surface area contributed by atoms with E-state index in [1.54, 1.807) is 10.6 Å². The molecule has 0 bridgehead atoms. The summed E-state index contributed by atoms with van der Waals surface area (Å²) in [4.78, 5) is 18.2. The van der Waals surface area contributed by atoms with E-state index in [0.717, 1.165) is 32.9 Å². The third-order valence-electron chi connectivity index (χ3n) is 6.19. The van der Waals surface area contributed by atoms with Crippen LogP contribution in [0.15, 0.2) is 103 Å². The Labute approximate surface area is 231 Å². The van der Waals surface area contributed by atoms with Gasteiger partial charge in [-0.15, -0.1) is 23.8 Å². The molecule has 3 aromatic heterocycles. The Morgan fingerprint density at radius 3 is 2.39 bits per heavy atom. The summed E-state index contributed by atoms with van der Waals surface area (Å²) in [5, 5.41) is 13.6. The minimum Gasteiger partial charge on any atom is -0.480 e. The molecule has 8 heteroatoms. The molecule has 186 valence electrons. The van der Waals surface area contributed by atoms with Crippen molar-refractivity contribution in [2.24, 2.45) is 0 Å². The van der Waals surface area contributed by atoms with Crippen LogP contribution in [0.2, 0.25) is 0 Å². The van der Waals surface area contributed by atoms with E-state index in [1.165, 1.54) is 0 Å². The number of fused-ring (bicyclic) bond motifs is 3. The Bertz CT molecular complexity index is 1950. The van der Waals surface area contributed by atoms with Gasteiger partial charge in [0.25, 0.3) is 0 Å². The fraction of sp³-hybridized carbons (Fsp3) is 0. The number of ether oxygens (including phenoxy) is 1. The van der Waals surface area contributed by atoms with Crippen LogP contribution in [-0.4, -0.2) is 29.6 Å². The Kier molecular flexibility index (Phi) is 6.06. The molecule has 0 unspecified atom stereocenters. The Morgan fingerprint density at radius 1 is 0.737 bits per heavy atom. The third kappa shape index (κ3) is 4.17. The molecular formula is C30H18N5O2Pt-. The average Bonchev–Trinajstić information content (AvgIpc) is 3.28. The summed E-state index contributed by atoms with van der Waals surface area (Å²) in [6.07, 6.45) is 1.85. The van der Waals surface area contributed by atoms with Gasteiger partial charge >= 0.3 is 12.0 Å². The zero-order chi connectivity index (χ0) is 24.8. The number of hydrogen-bond acceptors (Lipinski definition) is 6. The maximum Gasteiger partial charge on any atom is 0.322 e. The summed E-state index contributed by atoms with van der Waals surface area (Å²) < 4.78 is 7.71. The Morgan fingerprint density at radius 2 is 1.50 bits per heavy atom. The van der Waals surface area contributed by atoms with Gasteiger partial charge in [0.1, 0.15) is 0 Å². The van der Waals surface area contributed by atoms with E-state index >= 15 is 0 Å². The maximum absolute atomic E-state index is 10.7. The monoisotopic (exact) mass is 675 g/mol. The van der Waals surface area contributed by atoms with E-state index in [0.29, 0.717) is 22.6 Å². The van der Waals surface area contributed by atoms with Gasteiger partial charge in [-0.2, -0.15) is 15.0 Å². The van der Waals surface area contributed by atoms with Crippen molar-refractivity contribution in [2.75, 3.05) is 0 Å². The summed E-state index contributed by atoms with van der Waals surface area (Å²) in [6, 6.07) is 34.1. The smallest absolute Gasteiger partial charge is 0.322 e. The molecule has 1 N–H and O–H groups in total. The summed E-state index contributed by atoms with van der Waals surface area (Å²) >= 11 is 0. The van der Waals surface area contributed by atoms with Crippen molar-refractivity contribution < 1.29 is 30.9 Å². The molecular weight excluding hydrogens is 657 g/mol. The van der Waals surface area contributed by atoms with Gasteiger partial charge in [-0.25, -0.2) is 4.57 Å². The molecule has 0 fully saturated rings. The molecule has 7 aromatic rings. The van der Waals surface area contributed by atoms with Crippen LogP contribution in [0, 0.1) is 6.07 Å². The van der Waals surface area contributed by atoms with Crippen molar-refractivity contribution >= 4 is 32.7 Å². The van der Waals surface area contributed by atoms with Gasteiger partial charge in [-0.05, 0) is 40.7 Å². The van der Waals surface area contributed by atoms with Crippen LogP contribution in [-0.2, 0) is 21.1 Å². The van der Waals surface area contributed by atoms with Gasteiger partial charge < -0.3 is 14.8 Å². The van der Waals surface area contributed by atoms with Gasteiger partial charge in [0.15, 0.2) is 5.82 Å². The molecule has 0 saturated heterocycles. The maximum atomic E-state index is 10.7. The first kappa shape index (κ1) is 23.8. The Hall–Kier alpha value is -4.61. The fourth-order valence-electron chi connectivity index (χ4n) is 4.46. The third-order valence-corrected chi connectivity index (χ3v) is 6.19. The SMILES string of the molecule is Oc1nc2ccccc2n1-c1nc(Oc2[c-]c(-c3cc4ccccc4cn3)ccc2)nc2ccccc12.[Pt]. The first-order valence-corrected chi connectivity index (χ1v) is 11.7. The normalized spacial score (nSPS) is 11.1. The summed E-state index contributed by atoms with van der Waals surface area (Å²) in [7, 11) is 0. The summed E-state index contributed by atoms with van der Waals surface area (Å²) in [5.74, 6) is 0.924. The van der Waals surface area contributed by atoms with E-state index in [9.17, 15) is 5.11 Å². The minimum atomic E-state index is -0.160. The van der Waals surface area contributed by atoms with E-state index in [2.05, 4.69) is 32.1 Å². The van der Waals surface area contributed by atoms with E-state index in [4.69, 9.17) is 4.74 Å². The van der Waals surface area contributed by atoms with Crippen molar-refractivity contribution in [1.82, 2.24) is 24.5 Å². The molecule has 7 rings (SSSR count). The number of imidazole rings is 1. The number of benzene rings is 4. The number of aromatic hydroxyl groups is 1. The van der Waals surface area contributed by atoms with Crippen LogP contribution < -0.4 is 4.74 Å². The van der Waals surface area contributed by atoms with E-state index in [-0.39, 0.29) is 33.1 Å². The van der Waals surface area contributed by atoms with Crippen LogP contribution in [0.4, 0.5) is 0 Å². The molecule has 4 aromatic carbocycles. The van der Waals surface area contributed by atoms with Crippen molar-refractivity contribution in [2.45, 2.75) is 0 Å². The van der Waals surface area contributed by atoms with Crippen LogP contribution in [0.3, 0.4) is 0 Å². The molecule has 7 nitrogen and oxygen atoms in total. The average molecular weight is 676 g/mol. The molecule has 0 aliphatic rings. The van der Waals surface area contributed by atoms with Gasteiger partial charge in [-0.1, -0.05) is 60.7 Å². The number of rotatable bonds is 4. The fourth-order valence-corrected chi connectivity index (χ4v) is 4.46.